The zero-order valence-electron chi connectivity index (χ0n) is 9.94. The van der Waals surface area contributed by atoms with E-state index in [-0.39, 0.29) is 17.2 Å². The second-order valence-corrected chi connectivity index (χ2v) is 3.74. The highest BCUT2D eigenvalue weighted by Gasteiger charge is 2.19. The first-order chi connectivity index (χ1) is 8.11. The van der Waals surface area contributed by atoms with E-state index in [1.54, 1.807) is 25.1 Å². The third kappa shape index (κ3) is 1.53. The number of phenols is 2. The number of benzene rings is 2. The molecule has 0 amide bonds. The molecule has 0 spiro atoms. The van der Waals surface area contributed by atoms with Gasteiger partial charge in [-0.1, -0.05) is 12.1 Å². The van der Waals surface area contributed by atoms with Crippen LogP contribution in [0.15, 0.2) is 18.2 Å². The standard InChI is InChI=1S/C13H14O4/c1-7-11(14)8-5-4-6-9(16-2)10(8)12(15)13(7)17-3/h4-6,14-15H,1-3H3. The normalized spacial score (nSPS) is 10.5. The molecular weight excluding hydrogens is 220 g/mol. The smallest absolute Gasteiger partial charge is 0.170 e. The van der Waals surface area contributed by atoms with E-state index >= 15 is 0 Å². The maximum Gasteiger partial charge on any atom is 0.170 e. The Morgan fingerprint density at radius 1 is 1.00 bits per heavy atom. The summed E-state index contributed by atoms with van der Waals surface area (Å²) in [6, 6.07) is 5.20. The Labute approximate surface area is 99.0 Å². The molecular formula is C13H14O4. The fourth-order valence-corrected chi connectivity index (χ4v) is 1.99. The summed E-state index contributed by atoms with van der Waals surface area (Å²) in [5.41, 5.74) is 0.505. The Morgan fingerprint density at radius 2 is 1.71 bits per heavy atom. The van der Waals surface area contributed by atoms with E-state index in [2.05, 4.69) is 0 Å². The molecule has 0 aliphatic rings. The number of ether oxygens (including phenoxy) is 2. The van der Waals surface area contributed by atoms with Crippen LogP contribution in [0.1, 0.15) is 5.56 Å². The number of hydrogen-bond donors (Lipinski definition) is 2. The van der Waals surface area contributed by atoms with Gasteiger partial charge in [-0.05, 0) is 13.0 Å². The first-order valence-corrected chi connectivity index (χ1v) is 5.17. The van der Waals surface area contributed by atoms with Crippen LogP contribution in [0.25, 0.3) is 10.8 Å². The summed E-state index contributed by atoms with van der Waals surface area (Å²) in [5, 5.41) is 21.2. The van der Waals surface area contributed by atoms with Crippen molar-refractivity contribution in [1.29, 1.82) is 0 Å². The average Bonchev–Trinajstić information content (AvgIpc) is 2.36. The predicted molar refractivity (Wildman–Crippen MR) is 65.1 cm³/mol. The monoisotopic (exact) mass is 234 g/mol. The van der Waals surface area contributed by atoms with Gasteiger partial charge in [-0.2, -0.15) is 0 Å². The molecule has 2 rings (SSSR count). The minimum absolute atomic E-state index is 0.0183. The van der Waals surface area contributed by atoms with Gasteiger partial charge in [-0.25, -0.2) is 0 Å². The quantitative estimate of drug-likeness (QED) is 0.784. The number of fused-ring (bicyclic) bond motifs is 1. The Morgan fingerprint density at radius 3 is 2.29 bits per heavy atom. The van der Waals surface area contributed by atoms with E-state index in [0.717, 1.165) is 0 Å². The zero-order valence-corrected chi connectivity index (χ0v) is 9.94. The number of phenolic OH excluding ortho intramolecular Hbond substituents is 2. The van der Waals surface area contributed by atoms with E-state index in [9.17, 15) is 10.2 Å². The molecule has 2 N–H and O–H groups in total. The molecule has 0 unspecified atom stereocenters. The third-order valence-corrected chi connectivity index (χ3v) is 2.85. The van der Waals surface area contributed by atoms with Crippen molar-refractivity contribution in [2.75, 3.05) is 14.2 Å². The van der Waals surface area contributed by atoms with Gasteiger partial charge in [0.25, 0.3) is 0 Å². The summed E-state index contributed by atoms with van der Waals surface area (Å²) < 4.78 is 10.3. The number of hydrogen-bond acceptors (Lipinski definition) is 4. The van der Waals surface area contributed by atoms with E-state index in [0.29, 0.717) is 22.1 Å². The summed E-state index contributed by atoms with van der Waals surface area (Å²) in [5.74, 6) is 0.830. The van der Waals surface area contributed by atoms with Gasteiger partial charge in [-0.15, -0.1) is 0 Å². The second-order valence-electron chi connectivity index (χ2n) is 3.74. The highest BCUT2D eigenvalue weighted by Crippen LogP contribution is 2.47. The van der Waals surface area contributed by atoms with Crippen LogP contribution < -0.4 is 9.47 Å². The number of methoxy groups -OCH3 is 2. The highest BCUT2D eigenvalue weighted by atomic mass is 16.5. The SMILES string of the molecule is COc1c(C)c(O)c2cccc(OC)c2c1O. The van der Waals surface area contributed by atoms with Crippen LogP contribution >= 0.6 is 0 Å². The fourth-order valence-electron chi connectivity index (χ4n) is 1.99. The first-order valence-electron chi connectivity index (χ1n) is 5.17. The fraction of sp³-hybridized carbons (Fsp3) is 0.231. The van der Waals surface area contributed by atoms with Crippen molar-refractivity contribution in [1.82, 2.24) is 0 Å². The topological polar surface area (TPSA) is 58.9 Å². The second kappa shape index (κ2) is 4.05. The number of rotatable bonds is 2. The van der Waals surface area contributed by atoms with Crippen LogP contribution in [-0.4, -0.2) is 24.4 Å². The van der Waals surface area contributed by atoms with Gasteiger partial charge < -0.3 is 19.7 Å². The molecule has 0 aliphatic carbocycles. The number of aromatic hydroxyl groups is 2. The molecule has 0 bridgehead atoms. The predicted octanol–water partition coefficient (Wildman–Crippen LogP) is 2.58. The molecule has 90 valence electrons. The molecule has 0 aromatic heterocycles. The lowest BCUT2D eigenvalue weighted by atomic mass is 10.0. The van der Waals surface area contributed by atoms with Gasteiger partial charge in [0.15, 0.2) is 11.5 Å². The molecule has 0 radical (unpaired) electrons. The van der Waals surface area contributed by atoms with Gasteiger partial charge in [-0.3, -0.25) is 0 Å². The minimum Gasteiger partial charge on any atom is -0.507 e. The van der Waals surface area contributed by atoms with Crippen molar-refractivity contribution in [2.45, 2.75) is 6.92 Å². The molecule has 0 fully saturated rings. The van der Waals surface area contributed by atoms with Crippen molar-refractivity contribution in [3.63, 3.8) is 0 Å². The molecule has 0 heterocycles. The lowest BCUT2D eigenvalue weighted by Gasteiger charge is -2.14. The zero-order chi connectivity index (χ0) is 12.6. The largest absolute Gasteiger partial charge is 0.507 e. The maximum atomic E-state index is 10.2. The van der Waals surface area contributed by atoms with Crippen LogP contribution in [0.5, 0.6) is 23.0 Å². The Hall–Kier alpha value is -2.10. The van der Waals surface area contributed by atoms with Crippen LogP contribution in [0.3, 0.4) is 0 Å². The highest BCUT2D eigenvalue weighted by molar-refractivity contribution is 6.00. The van der Waals surface area contributed by atoms with Gasteiger partial charge in [0.1, 0.15) is 11.5 Å². The van der Waals surface area contributed by atoms with E-state index in [1.807, 2.05) is 0 Å². The average molecular weight is 234 g/mol. The van der Waals surface area contributed by atoms with Crippen molar-refractivity contribution in [3.8, 4) is 23.0 Å². The molecule has 2 aromatic carbocycles. The van der Waals surface area contributed by atoms with Crippen LogP contribution in [0.4, 0.5) is 0 Å². The summed E-state index contributed by atoms with van der Waals surface area (Å²) in [7, 11) is 2.96. The molecule has 4 nitrogen and oxygen atoms in total. The maximum absolute atomic E-state index is 10.2. The molecule has 0 aliphatic heterocycles. The summed E-state index contributed by atoms with van der Waals surface area (Å²) >= 11 is 0. The lowest BCUT2D eigenvalue weighted by Crippen LogP contribution is -1.92. The molecule has 2 aromatic rings. The molecule has 4 heteroatoms. The molecule has 0 atom stereocenters. The van der Waals surface area contributed by atoms with E-state index in [1.165, 1.54) is 14.2 Å². The van der Waals surface area contributed by atoms with Crippen LogP contribution in [0.2, 0.25) is 0 Å². The van der Waals surface area contributed by atoms with Gasteiger partial charge in [0, 0.05) is 10.9 Å². The van der Waals surface area contributed by atoms with Gasteiger partial charge in [0.2, 0.25) is 0 Å². The first kappa shape index (κ1) is 11.4. The minimum atomic E-state index is -0.0183. The Balaban J connectivity index is 2.99. The lowest BCUT2D eigenvalue weighted by molar-refractivity contribution is 0.366. The van der Waals surface area contributed by atoms with Crippen molar-refractivity contribution in [2.24, 2.45) is 0 Å². The van der Waals surface area contributed by atoms with E-state index < -0.39 is 0 Å². The molecule has 17 heavy (non-hydrogen) atoms. The van der Waals surface area contributed by atoms with Crippen LogP contribution in [0, 0.1) is 6.92 Å². The van der Waals surface area contributed by atoms with E-state index in [4.69, 9.17) is 9.47 Å². The summed E-state index contributed by atoms with van der Waals surface area (Å²) in [6.07, 6.45) is 0. The van der Waals surface area contributed by atoms with Crippen LogP contribution in [-0.2, 0) is 0 Å². The molecule has 0 saturated heterocycles. The summed E-state index contributed by atoms with van der Waals surface area (Å²) in [4.78, 5) is 0. The Kier molecular flexibility index (Phi) is 2.71. The van der Waals surface area contributed by atoms with Crippen molar-refractivity contribution < 1.29 is 19.7 Å². The Bertz CT molecular complexity index is 575. The van der Waals surface area contributed by atoms with Crippen molar-refractivity contribution >= 4 is 10.8 Å². The van der Waals surface area contributed by atoms with Crippen molar-refractivity contribution in [3.05, 3.63) is 23.8 Å². The van der Waals surface area contributed by atoms with Gasteiger partial charge >= 0.3 is 0 Å². The van der Waals surface area contributed by atoms with Gasteiger partial charge in [0.05, 0.1) is 19.6 Å². The molecule has 0 saturated carbocycles. The third-order valence-electron chi connectivity index (χ3n) is 2.85. The summed E-state index contributed by atoms with van der Waals surface area (Å²) in [6.45, 7) is 1.69.